The molecule has 0 aliphatic carbocycles. The predicted molar refractivity (Wildman–Crippen MR) is 83.6 cm³/mol. The quantitative estimate of drug-likeness (QED) is 0.646. The maximum absolute atomic E-state index is 12.9. The van der Waals surface area contributed by atoms with Crippen molar-refractivity contribution in [1.82, 2.24) is 9.55 Å². The standard InChI is InChI=1S/C15H14N2O6Se/c18-9-10-8-12(24(21,22)11-4-2-1-3-5-11)14(23-10)17-7-6-13(19)16-15(17)20/h1-8,10,14,18H,9H2,(H,16,19,20)/t10-,14+/m0/s1. The van der Waals surface area contributed by atoms with E-state index in [1.165, 1.54) is 18.2 Å². The van der Waals surface area contributed by atoms with Gasteiger partial charge >= 0.3 is 137 Å². The molecule has 0 spiro atoms. The number of hydrogen-bond donors (Lipinski definition) is 2. The van der Waals surface area contributed by atoms with Gasteiger partial charge in [0.2, 0.25) is 0 Å². The third kappa shape index (κ3) is 2.90. The van der Waals surface area contributed by atoms with Crippen molar-refractivity contribution in [2.24, 2.45) is 0 Å². The topological polar surface area (TPSA) is 118 Å². The number of hydrogen-bond acceptors (Lipinski definition) is 6. The Morgan fingerprint density at radius 2 is 1.88 bits per heavy atom. The Morgan fingerprint density at radius 3 is 2.50 bits per heavy atom. The monoisotopic (exact) mass is 398 g/mol. The first-order chi connectivity index (χ1) is 11.4. The Kier molecular flexibility index (Phi) is 4.33. The van der Waals surface area contributed by atoms with Crippen molar-refractivity contribution >= 4 is 17.2 Å². The molecule has 0 amide bonds. The number of benzene rings is 1. The normalized spacial score (nSPS) is 20.8. The fourth-order valence-corrected chi connectivity index (χ4v) is 5.66. The van der Waals surface area contributed by atoms with Crippen LogP contribution in [-0.2, 0) is 12.4 Å². The summed E-state index contributed by atoms with van der Waals surface area (Å²) in [6, 6.07) is 8.89. The van der Waals surface area contributed by atoms with Crippen LogP contribution in [0.25, 0.3) is 0 Å². The number of rotatable bonds is 4. The molecule has 2 atom stereocenters. The Hall–Kier alpha value is -2.32. The van der Waals surface area contributed by atoms with Crippen LogP contribution in [0.1, 0.15) is 6.23 Å². The van der Waals surface area contributed by atoms with E-state index in [1.807, 2.05) is 0 Å². The minimum atomic E-state index is -4.83. The summed E-state index contributed by atoms with van der Waals surface area (Å²) in [6.07, 6.45) is 0.376. The molecule has 0 saturated heterocycles. The number of aliphatic hydroxyl groups is 1. The summed E-state index contributed by atoms with van der Waals surface area (Å²) in [7, 11) is 0. The van der Waals surface area contributed by atoms with E-state index in [4.69, 9.17) is 4.74 Å². The van der Waals surface area contributed by atoms with Crippen molar-refractivity contribution < 1.29 is 17.5 Å². The average Bonchev–Trinajstić information content (AvgIpc) is 3.00. The van der Waals surface area contributed by atoms with Gasteiger partial charge in [-0.3, -0.25) is 0 Å². The second-order valence-electron chi connectivity index (χ2n) is 5.11. The molecule has 1 aromatic carbocycles. The molecule has 1 aliphatic rings. The first-order valence-corrected chi connectivity index (χ1v) is 10.1. The summed E-state index contributed by atoms with van der Waals surface area (Å²) in [6.45, 7) is -0.430. The zero-order valence-electron chi connectivity index (χ0n) is 12.3. The van der Waals surface area contributed by atoms with Crippen molar-refractivity contribution in [3.63, 3.8) is 0 Å². The van der Waals surface area contributed by atoms with Gasteiger partial charge < -0.3 is 0 Å². The zero-order valence-corrected chi connectivity index (χ0v) is 14.0. The van der Waals surface area contributed by atoms with E-state index in [0.717, 1.165) is 16.8 Å². The Morgan fingerprint density at radius 1 is 1.17 bits per heavy atom. The summed E-state index contributed by atoms with van der Waals surface area (Å²) >= 11 is -4.83. The molecule has 0 bridgehead atoms. The number of nitrogens with zero attached hydrogens (tertiary/aromatic N) is 1. The van der Waals surface area contributed by atoms with Gasteiger partial charge in [-0.05, 0) is 0 Å². The second-order valence-corrected chi connectivity index (χ2v) is 9.20. The fourth-order valence-electron chi connectivity index (χ4n) is 2.41. The van der Waals surface area contributed by atoms with Crippen molar-refractivity contribution in [2.45, 2.75) is 12.3 Å². The van der Waals surface area contributed by atoms with Crippen molar-refractivity contribution in [3.8, 4) is 0 Å². The SMILES string of the molecule is O=c1ccn([C@@H]2O[C@H](CO)C=C2[Se](=O)(=O)c2ccccc2)c(=O)[nH]1. The molecule has 1 aromatic heterocycles. The first-order valence-electron chi connectivity index (χ1n) is 7.03. The first kappa shape index (κ1) is 16.5. The van der Waals surface area contributed by atoms with Gasteiger partial charge in [0, 0.05) is 0 Å². The van der Waals surface area contributed by atoms with Crippen LogP contribution >= 0.6 is 0 Å². The molecule has 1 aliphatic heterocycles. The number of H-pyrrole nitrogens is 1. The molecule has 24 heavy (non-hydrogen) atoms. The van der Waals surface area contributed by atoms with Gasteiger partial charge in [0.1, 0.15) is 0 Å². The summed E-state index contributed by atoms with van der Waals surface area (Å²) in [5.74, 6) is 0. The van der Waals surface area contributed by atoms with E-state index in [-0.39, 0.29) is 8.93 Å². The molecule has 8 nitrogen and oxygen atoms in total. The van der Waals surface area contributed by atoms with Crippen LogP contribution in [0.5, 0.6) is 0 Å². The van der Waals surface area contributed by atoms with Crippen molar-refractivity contribution in [3.05, 3.63) is 74.0 Å². The van der Waals surface area contributed by atoms with Gasteiger partial charge in [-0.25, -0.2) is 0 Å². The number of ether oxygens (including phenoxy) is 1. The summed E-state index contributed by atoms with van der Waals surface area (Å²) in [5, 5.41) is 9.30. The van der Waals surface area contributed by atoms with Crippen LogP contribution in [0.15, 0.2) is 62.7 Å². The van der Waals surface area contributed by atoms with Crippen LogP contribution in [0.4, 0.5) is 0 Å². The molecule has 0 radical (unpaired) electrons. The van der Waals surface area contributed by atoms with Crippen LogP contribution in [0, 0.1) is 0 Å². The molecule has 2 heterocycles. The Labute approximate surface area is 137 Å². The molecule has 0 unspecified atom stereocenters. The van der Waals surface area contributed by atoms with E-state index in [9.17, 15) is 22.4 Å². The van der Waals surface area contributed by atoms with E-state index in [2.05, 4.69) is 4.98 Å². The van der Waals surface area contributed by atoms with Gasteiger partial charge in [-0.15, -0.1) is 0 Å². The number of aromatic nitrogens is 2. The van der Waals surface area contributed by atoms with Crippen LogP contribution in [0.3, 0.4) is 0 Å². The van der Waals surface area contributed by atoms with Crippen LogP contribution < -0.4 is 15.7 Å². The van der Waals surface area contributed by atoms with E-state index >= 15 is 0 Å². The molecule has 3 rings (SSSR count). The average molecular weight is 397 g/mol. The second kappa shape index (κ2) is 6.29. The number of aliphatic hydroxyl groups excluding tert-OH is 1. The third-order valence-corrected chi connectivity index (χ3v) is 7.43. The van der Waals surface area contributed by atoms with E-state index in [0.29, 0.717) is 0 Å². The summed E-state index contributed by atoms with van der Waals surface area (Å²) < 4.78 is 32.3. The molecule has 2 aromatic rings. The van der Waals surface area contributed by atoms with Crippen molar-refractivity contribution in [1.29, 1.82) is 0 Å². The van der Waals surface area contributed by atoms with Crippen molar-refractivity contribution in [2.75, 3.05) is 6.61 Å². The van der Waals surface area contributed by atoms with Gasteiger partial charge in [0.15, 0.2) is 0 Å². The molecule has 9 heteroatoms. The van der Waals surface area contributed by atoms with Gasteiger partial charge in [0.25, 0.3) is 0 Å². The van der Waals surface area contributed by atoms with Crippen LogP contribution in [0.2, 0.25) is 0 Å². The molecule has 0 fully saturated rings. The van der Waals surface area contributed by atoms with Gasteiger partial charge in [-0.2, -0.15) is 0 Å². The molecule has 0 saturated carbocycles. The summed E-state index contributed by atoms with van der Waals surface area (Å²) in [5.41, 5.74) is -1.39. The Balaban J connectivity index is 2.12. The summed E-state index contributed by atoms with van der Waals surface area (Å²) in [4.78, 5) is 25.2. The van der Waals surface area contributed by atoms with E-state index in [1.54, 1.807) is 18.2 Å². The number of aromatic amines is 1. The minimum absolute atomic E-state index is 0.0920. The molecule has 2 N–H and O–H groups in total. The molecule has 126 valence electrons. The Bertz CT molecular complexity index is 990. The fraction of sp³-hybridized carbons (Fsp3) is 0.200. The third-order valence-electron chi connectivity index (χ3n) is 3.54. The predicted octanol–water partition coefficient (Wildman–Crippen LogP) is -0.898. The van der Waals surface area contributed by atoms with E-state index < -0.39 is 42.9 Å². The maximum atomic E-state index is 12.9. The van der Waals surface area contributed by atoms with Crippen LogP contribution in [-0.4, -0.2) is 40.1 Å². The van der Waals surface area contributed by atoms with Gasteiger partial charge in [-0.1, -0.05) is 0 Å². The zero-order chi connectivity index (χ0) is 17.3. The molecular formula is C15H14N2O6Se. The number of nitrogens with one attached hydrogen (secondary N) is 1. The molecular weight excluding hydrogens is 383 g/mol. The van der Waals surface area contributed by atoms with Gasteiger partial charge in [0.05, 0.1) is 0 Å².